The number of carbonyl (C=O) groups excluding carboxylic acids is 1. The van der Waals surface area contributed by atoms with Crippen molar-refractivity contribution in [1.29, 1.82) is 5.26 Å². The van der Waals surface area contributed by atoms with Gasteiger partial charge in [0.25, 0.3) is 0 Å². The number of ketones is 1. The Labute approximate surface area is 101 Å². The van der Waals surface area contributed by atoms with E-state index in [4.69, 9.17) is 5.26 Å². The zero-order chi connectivity index (χ0) is 12.8. The molecule has 3 nitrogen and oxygen atoms in total. The summed E-state index contributed by atoms with van der Waals surface area (Å²) in [7, 11) is 1.60. The Morgan fingerprint density at radius 2 is 1.88 bits per heavy atom. The number of benzene rings is 1. The molecule has 0 aliphatic heterocycles. The monoisotopic (exact) mass is 226 g/mol. The summed E-state index contributed by atoms with van der Waals surface area (Å²) in [4.78, 5) is 15.1. The van der Waals surface area contributed by atoms with Gasteiger partial charge in [0, 0.05) is 14.0 Å². The molecule has 1 aromatic carbocycles. The van der Waals surface area contributed by atoms with Gasteiger partial charge in [-0.1, -0.05) is 12.1 Å². The third-order valence-electron chi connectivity index (χ3n) is 2.42. The highest BCUT2D eigenvalue weighted by atomic mass is 16.1. The second-order valence-corrected chi connectivity index (χ2v) is 3.68. The highest BCUT2D eigenvalue weighted by Crippen LogP contribution is 2.14. The number of hydrogen-bond acceptors (Lipinski definition) is 3. The molecular weight excluding hydrogens is 212 g/mol. The minimum atomic E-state index is -0.0551. The first kappa shape index (κ1) is 12.9. The van der Waals surface area contributed by atoms with Gasteiger partial charge in [0.05, 0.1) is 11.6 Å². The lowest BCUT2D eigenvalue weighted by Gasteiger charge is -2.02. The van der Waals surface area contributed by atoms with E-state index in [1.54, 1.807) is 25.3 Å². The van der Waals surface area contributed by atoms with E-state index in [1.807, 2.05) is 19.1 Å². The van der Waals surface area contributed by atoms with Crippen LogP contribution in [0.2, 0.25) is 0 Å². The maximum Gasteiger partial charge on any atom is 0.177 e. The predicted molar refractivity (Wildman–Crippen MR) is 68.8 cm³/mol. The second kappa shape index (κ2) is 5.76. The van der Waals surface area contributed by atoms with E-state index in [2.05, 4.69) is 11.1 Å². The topological polar surface area (TPSA) is 53.2 Å². The molecule has 0 amide bonds. The molecule has 0 bridgehead atoms. The minimum absolute atomic E-state index is 0.0551. The van der Waals surface area contributed by atoms with Crippen molar-refractivity contribution in [3.8, 4) is 6.07 Å². The summed E-state index contributed by atoms with van der Waals surface area (Å²) in [5, 5.41) is 8.69. The van der Waals surface area contributed by atoms with E-state index in [9.17, 15) is 4.79 Å². The molecule has 1 aromatic rings. The third-order valence-corrected chi connectivity index (χ3v) is 2.42. The van der Waals surface area contributed by atoms with E-state index in [0.717, 1.165) is 11.1 Å². The van der Waals surface area contributed by atoms with Crippen LogP contribution in [0.4, 0.5) is 0 Å². The van der Waals surface area contributed by atoms with Crippen molar-refractivity contribution in [2.75, 3.05) is 7.05 Å². The molecular formula is C14H14N2O. The van der Waals surface area contributed by atoms with Gasteiger partial charge in [-0.3, -0.25) is 9.79 Å². The molecule has 0 aliphatic carbocycles. The van der Waals surface area contributed by atoms with E-state index in [1.165, 1.54) is 6.92 Å². The molecule has 0 spiro atoms. The SMILES string of the molecule is C/N=C(\C=C(/C)c1ccc(C#N)cc1)C(C)=O. The molecule has 0 aromatic heterocycles. The lowest BCUT2D eigenvalue weighted by Crippen LogP contribution is -2.06. The predicted octanol–water partition coefficient (Wildman–Crippen LogP) is 2.62. The first-order chi connectivity index (χ1) is 8.08. The zero-order valence-corrected chi connectivity index (χ0v) is 10.2. The molecule has 0 fully saturated rings. The lowest BCUT2D eigenvalue weighted by molar-refractivity contribution is -0.111. The summed E-state index contributed by atoms with van der Waals surface area (Å²) in [6.45, 7) is 3.40. The normalized spacial score (nSPS) is 12.1. The second-order valence-electron chi connectivity index (χ2n) is 3.68. The van der Waals surface area contributed by atoms with Crippen molar-refractivity contribution < 1.29 is 4.79 Å². The number of allylic oxidation sites excluding steroid dienone is 2. The molecule has 3 heteroatoms. The van der Waals surface area contributed by atoms with Crippen LogP contribution >= 0.6 is 0 Å². The lowest BCUT2D eigenvalue weighted by atomic mass is 10.0. The van der Waals surface area contributed by atoms with Crippen LogP contribution in [0, 0.1) is 11.3 Å². The summed E-state index contributed by atoms with van der Waals surface area (Å²) in [6, 6.07) is 9.29. The van der Waals surface area contributed by atoms with Crippen LogP contribution in [0.15, 0.2) is 35.3 Å². The average Bonchev–Trinajstić information content (AvgIpc) is 2.35. The van der Waals surface area contributed by atoms with Gasteiger partial charge in [-0.25, -0.2) is 0 Å². The number of rotatable bonds is 3. The highest BCUT2D eigenvalue weighted by Gasteiger charge is 2.03. The largest absolute Gasteiger partial charge is 0.293 e. The number of Topliss-reactive ketones (excluding diaryl/α,β-unsaturated/α-hetero) is 1. The van der Waals surface area contributed by atoms with Crippen LogP contribution < -0.4 is 0 Å². The molecule has 0 unspecified atom stereocenters. The molecule has 0 aliphatic rings. The molecule has 0 heterocycles. The molecule has 17 heavy (non-hydrogen) atoms. The fraction of sp³-hybridized carbons (Fsp3) is 0.214. The molecule has 0 saturated heterocycles. The van der Waals surface area contributed by atoms with Crippen molar-refractivity contribution in [2.45, 2.75) is 13.8 Å². The van der Waals surface area contributed by atoms with Gasteiger partial charge in [-0.05, 0) is 36.3 Å². The summed E-state index contributed by atoms with van der Waals surface area (Å²) < 4.78 is 0. The van der Waals surface area contributed by atoms with Gasteiger partial charge in [0.2, 0.25) is 0 Å². The van der Waals surface area contributed by atoms with Crippen molar-refractivity contribution in [3.63, 3.8) is 0 Å². The summed E-state index contributed by atoms with van der Waals surface area (Å²) >= 11 is 0. The maximum atomic E-state index is 11.2. The van der Waals surface area contributed by atoms with Crippen molar-refractivity contribution in [1.82, 2.24) is 0 Å². The molecule has 86 valence electrons. The Morgan fingerprint density at radius 3 is 2.29 bits per heavy atom. The van der Waals surface area contributed by atoms with Crippen LogP contribution in [-0.2, 0) is 4.79 Å². The van der Waals surface area contributed by atoms with Gasteiger partial charge in [0.1, 0.15) is 5.71 Å². The maximum absolute atomic E-state index is 11.2. The molecule has 0 atom stereocenters. The number of nitriles is 1. The van der Waals surface area contributed by atoms with E-state index in [0.29, 0.717) is 11.3 Å². The molecule has 1 rings (SSSR count). The van der Waals surface area contributed by atoms with Gasteiger partial charge < -0.3 is 0 Å². The van der Waals surface area contributed by atoms with E-state index in [-0.39, 0.29) is 5.78 Å². The minimum Gasteiger partial charge on any atom is -0.293 e. The highest BCUT2D eigenvalue weighted by molar-refractivity contribution is 6.44. The van der Waals surface area contributed by atoms with E-state index >= 15 is 0 Å². The van der Waals surface area contributed by atoms with Crippen molar-refractivity contribution in [2.24, 2.45) is 4.99 Å². The van der Waals surface area contributed by atoms with Crippen molar-refractivity contribution >= 4 is 17.1 Å². The van der Waals surface area contributed by atoms with Crippen LogP contribution in [-0.4, -0.2) is 18.5 Å². The summed E-state index contributed by atoms with van der Waals surface area (Å²) in [5.41, 5.74) is 3.00. The summed E-state index contributed by atoms with van der Waals surface area (Å²) in [5.74, 6) is -0.0551. The Balaban J connectivity index is 3.04. The smallest absolute Gasteiger partial charge is 0.177 e. The van der Waals surface area contributed by atoms with Gasteiger partial charge >= 0.3 is 0 Å². The van der Waals surface area contributed by atoms with Gasteiger partial charge in [0.15, 0.2) is 5.78 Å². The third kappa shape index (κ3) is 3.39. The fourth-order valence-corrected chi connectivity index (χ4v) is 1.42. The van der Waals surface area contributed by atoms with Crippen LogP contribution in [0.3, 0.4) is 0 Å². The number of aliphatic imine (C=N–C) groups is 1. The molecule has 0 radical (unpaired) electrons. The average molecular weight is 226 g/mol. The Kier molecular flexibility index (Phi) is 4.36. The van der Waals surface area contributed by atoms with Crippen LogP contribution in [0.1, 0.15) is 25.0 Å². The Hall–Kier alpha value is -2.21. The van der Waals surface area contributed by atoms with Gasteiger partial charge in [-0.15, -0.1) is 0 Å². The fourth-order valence-electron chi connectivity index (χ4n) is 1.42. The van der Waals surface area contributed by atoms with Crippen LogP contribution in [0.25, 0.3) is 5.57 Å². The number of carbonyl (C=O) groups is 1. The first-order valence-corrected chi connectivity index (χ1v) is 5.25. The quantitative estimate of drug-likeness (QED) is 0.744. The molecule has 0 N–H and O–H groups in total. The first-order valence-electron chi connectivity index (χ1n) is 5.25. The van der Waals surface area contributed by atoms with Gasteiger partial charge in [-0.2, -0.15) is 5.26 Å². The van der Waals surface area contributed by atoms with E-state index < -0.39 is 0 Å². The Morgan fingerprint density at radius 1 is 1.29 bits per heavy atom. The molecule has 0 saturated carbocycles. The number of hydrogen-bond donors (Lipinski definition) is 0. The summed E-state index contributed by atoms with van der Waals surface area (Å²) in [6.07, 6.45) is 1.75. The number of nitrogens with zero attached hydrogens (tertiary/aromatic N) is 2. The van der Waals surface area contributed by atoms with Crippen LogP contribution in [0.5, 0.6) is 0 Å². The van der Waals surface area contributed by atoms with Crippen molar-refractivity contribution in [3.05, 3.63) is 41.5 Å². The zero-order valence-electron chi connectivity index (χ0n) is 10.2. The Bertz CT molecular complexity index is 516. The standard InChI is InChI=1S/C14H14N2O/c1-10(8-14(16-3)11(2)17)13-6-4-12(9-15)5-7-13/h4-8H,1-3H3/b10-8+,16-14+.